The molecule has 0 N–H and O–H groups in total. The molecule has 0 aliphatic heterocycles. The molecule has 0 unspecified atom stereocenters. The molecule has 2 nitrogen and oxygen atoms in total. The van der Waals surface area contributed by atoms with E-state index in [0.717, 1.165) is 16.5 Å². The van der Waals surface area contributed by atoms with Crippen molar-refractivity contribution in [1.82, 2.24) is 0 Å². The summed E-state index contributed by atoms with van der Waals surface area (Å²) in [6.07, 6.45) is 0.815. The molecule has 1 aromatic rings. The largest absolute Gasteiger partial charge is 0.462 e. The first-order valence-corrected chi connectivity index (χ1v) is 5.44. The van der Waals surface area contributed by atoms with Crippen LogP contribution in [0.25, 0.3) is 0 Å². The molecule has 0 aromatic heterocycles. The van der Waals surface area contributed by atoms with Crippen LogP contribution in [0.4, 0.5) is 0 Å². The highest BCUT2D eigenvalue weighted by Gasteiger charge is 2.12. The number of halogens is 1. The highest BCUT2D eigenvalue weighted by molar-refractivity contribution is 9.10. The second-order valence-electron chi connectivity index (χ2n) is 2.84. The molecule has 0 aliphatic rings. The van der Waals surface area contributed by atoms with Crippen LogP contribution in [0.3, 0.4) is 0 Å². The van der Waals surface area contributed by atoms with Crippen molar-refractivity contribution in [3.63, 3.8) is 0 Å². The van der Waals surface area contributed by atoms with Crippen LogP contribution in [0, 0.1) is 0 Å². The third-order valence-corrected chi connectivity index (χ3v) is 2.71. The molecule has 0 fully saturated rings. The van der Waals surface area contributed by atoms with Crippen molar-refractivity contribution in [3.05, 3.63) is 33.8 Å². The number of hydrogen-bond donors (Lipinski definition) is 0. The van der Waals surface area contributed by atoms with Gasteiger partial charge in [-0.05, 0) is 31.0 Å². The van der Waals surface area contributed by atoms with Crippen LogP contribution >= 0.6 is 15.9 Å². The zero-order valence-electron chi connectivity index (χ0n) is 8.34. The first-order chi connectivity index (χ1) is 6.70. The Morgan fingerprint density at radius 1 is 1.43 bits per heavy atom. The predicted octanol–water partition coefficient (Wildman–Crippen LogP) is 3.19. The van der Waals surface area contributed by atoms with E-state index in [1.807, 2.05) is 26.0 Å². The van der Waals surface area contributed by atoms with E-state index in [1.54, 1.807) is 6.07 Å². The Morgan fingerprint density at radius 3 is 2.71 bits per heavy atom. The lowest BCUT2D eigenvalue weighted by Gasteiger charge is -2.08. The van der Waals surface area contributed by atoms with Gasteiger partial charge in [0.05, 0.1) is 12.2 Å². The van der Waals surface area contributed by atoms with Gasteiger partial charge in [-0.25, -0.2) is 4.79 Å². The SMILES string of the molecule is CCOC(=O)c1cccc(Br)c1CC. The van der Waals surface area contributed by atoms with E-state index in [9.17, 15) is 4.79 Å². The fourth-order valence-electron chi connectivity index (χ4n) is 1.32. The molecule has 0 amide bonds. The summed E-state index contributed by atoms with van der Waals surface area (Å²) in [5.74, 6) is -0.245. The Morgan fingerprint density at radius 2 is 2.14 bits per heavy atom. The van der Waals surface area contributed by atoms with Crippen LogP contribution in [0.1, 0.15) is 29.8 Å². The van der Waals surface area contributed by atoms with E-state index in [4.69, 9.17) is 4.74 Å². The van der Waals surface area contributed by atoms with E-state index in [-0.39, 0.29) is 5.97 Å². The van der Waals surface area contributed by atoms with Gasteiger partial charge >= 0.3 is 5.97 Å². The van der Waals surface area contributed by atoms with Crippen molar-refractivity contribution < 1.29 is 9.53 Å². The summed E-state index contributed by atoms with van der Waals surface area (Å²) in [5, 5.41) is 0. The first kappa shape index (κ1) is 11.2. The molecule has 0 heterocycles. The summed E-state index contributed by atoms with van der Waals surface area (Å²) in [6.45, 7) is 4.23. The Balaban J connectivity index is 3.07. The van der Waals surface area contributed by atoms with Gasteiger partial charge in [0.25, 0.3) is 0 Å². The molecule has 0 saturated heterocycles. The molecular weight excluding hydrogens is 244 g/mol. The fourth-order valence-corrected chi connectivity index (χ4v) is 1.96. The fraction of sp³-hybridized carbons (Fsp3) is 0.364. The average Bonchev–Trinajstić information content (AvgIpc) is 2.17. The number of benzene rings is 1. The van der Waals surface area contributed by atoms with Gasteiger partial charge in [-0.2, -0.15) is 0 Å². The number of esters is 1. The molecule has 1 rings (SSSR count). The van der Waals surface area contributed by atoms with Crippen LogP contribution in [0.2, 0.25) is 0 Å². The van der Waals surface area contributed by atoms with Gasteiger partial charge in [0.1, 0.15) is 0 Å². The van der Waals surface area contributed by atoms with Crippen molar-refractivity contribution in [2.45, 2.75) is 20.3 Å². The van der Waals surface area contributed by atoms with Crippen molar-refractivity contribution >= 4 is 21.9 Å². The van der Waals surface area contributed by atoms with Crippen LogP contribution in [-0.2, 0) is 11.2 Å². The highest BCUT2D eigenvalue weighted by atomic mass is 79.9. The van der Waals surface area contributed by atoms with E-state index >= 15 is 0 Å². The zero-order valence-corrected chi connectivity index (χ0v) is 9.93. The Bertz CT molecular complexity index is 334. The molecule has 14 heavy (non-hydrogen) atoms. The molecular formula is C11H13BrO2. The molecule has 3 heteroatoms. The monoisotopic (exact) mass is 256 g/mol. The van der Waals surface area contributed by atoms with Crippen molar-refractivity contribution in [2.75, 3.05) is 6.61 Å². The minimum atomic E-state index is -0.245. The minimum absolute atomic E-state index is 0.245. The predicted molar refractivity (Wildman–Crippen MR) is 59.5 cm³/mol. The van der Waals surface area contributed by atoms with Gasteiger partial charge in [0, 0.05) is 4.47 Å². The minimum Gasteiger partial charge on any atom is -0.462 e. The van der Waals surface area contributed by atoms with Gasteiger partial charge in [-0.15, -0.1) is 0 Å². The number of rotatable bonds is 3. The van der Waals surface area contributed by atoms with Crippen LogP contribution in [0.5, 0.6) is 0 Å². The number of ether oxygens (including phenoxy) is 1. The second kappa shape index (κ2) is 5.15. The maximum absolute atomic E-state index is 11.5. The summed E-state index contributed by atoms with van der Waals surface area (Å²) in [7, 11) is 0. The van der Waals surface area contributed by atoms with Gasteiger partial charge in [-0.3, -0.25) is 0 Å². The third kappa shape index (κ3) is 2.35. The van der Waals surface area contributed by atoms with E-state index in [2.05, 4.69) is 15.9 Å². The molecule has 0 spiro atoms. The topological polar surface area (TPSA) is 26.3 Å². The van der Waals surface area contributed by atoms with Gasteiger partial charge in [0.15, 0.2) is 0 Å². The van der Waals surface area contributed by atoms with Crippen LogP contribution < -0.4 is 0 Å². The summed E-state index contributed by atoms with van der Waals surface area (Å²) in [4.78, 5) is 11.5. The molecule has 0 bridgehead atoms. The summed E-state index contributed by atoms with van der Waals surface area (Å²) >= 11 is 3.42. The van der Waals surface area contributed by atoms with E-state index < -0.39 is 0 Å². The standard InChI is InChI=1S/C11H13BrO2/c1-3-8-9(11(13)14-4-2)6-5-7-10(8)12/h5-7H,3-4H2,1-2H3. The average molecular weight is 257 g/mol. The van der Waals surface area contributed by atoms with Crippen LogP contribution in [0.15, 0.2) is 22.7 Å². The molecule has 1 aromatic carbocycles. The van der Waals surface area contributed by atoms with Crippen molar-refractivity contribution in [1.29, 1.82) is 0 Å². The normalized spacial score (nSPS) is 9.93. The van der Waals surface area contributed by atoms with Gasteiger partial charge < -0.3 is 4.74 Å². The van der Waals surface area contributed by atoms with Gasteiger partial charge in [-0.1, -0.05) is 28.9 Å². The third-order valence-electron chi connectivity index (χ3n) is 1.97. The van der Waals surface area contributed by atoms with Crippen LogP contribution in [-0.4, -0.2) is 12.6 Å². The summed E-state index contributed by atoms with van der Waals surface area (Å²) < 4.78 is 5.93. The second-order valence-corrected chi connectivity index (χ2v) is 3.69. The smallest absolute Gasteiger partial charge is 0.338 e. The van der Waals surface area contributed by atoms with E-state index in [0.29, 0.717) is 12.2 Å². The Labute approximate surface area is 92.4 Å². The zero-order chi connectivity index (χ0) is 10.6. The number of carbonyl (C=O) groups excluding carboxylic acids is 1. The molecule has 0 radical (unpaired) electrons. The van der Waals surface area contributed by atoms with Crippen molar-refractivity contribution in [3.8, 4) is 0 Å². The first-order valence-electron chi connectivity index (χ1n) is 4.65. The maximum atomic E-state index is 11.5. The molecule has 0 aliphatic carbocycles. The summed E-state index contributed by atoms with van der Waals surface area (Å²) in [5.41, 5.74) is 1.66. The lowest BCUT2D eigenvalue weighted by atomic mass is 10.1. The lowest BCUT2D eigenvalue weighted by molar-refractivity contribution is 0.0525. The van der Waals surface area contributed by atoms with Crippen molar-refractivity contribution in [2.24, 2.45) is 0 Å². The molecule has 0 atom stereocenters. The number of carbonyl (C=O) groups is 1. The summed E-state index contributed by atoms with van der Waals surface area (Å²) in [6, 6.07) is 5.57. The Hall–Kier alpha value is -0.830. The quantitative estimate of drug-likeness (QED) is 0.777. The van der Waals surface area contributed by atoms with Gasteiger partial charge in [0.2, 0.25) is 0 Å². The van der Waals surface area contributed by atoms with E-state index in [1.165, 1.54) is 0 Å². The maximum Gasteiger partial charge on any atom is 0.338 e. The highest BCUT2D eigenvalue weighted by Crippen LogP contribution is 2.21. The molecule has 76 valence electrons. The Kier molecular flexibility index (Phi) is 4.14. The molecule has 0 saturated carbocycles. The number of hydrogen-bond acceptors (Lipinski definition) is 2. The lowest BCUT2D eigenvalue weighted by Crippen LogP contribution is -2.08.